The molecule has 1 amide bonds. The number of alkyl carbamates (subject to hydrolysis) is 1. The zero-order valence-electron chi connectivity index (χ0n) is 11.9. The molecule has 0 saturated carbocycles. The van der Waals surface area contributed by atoms with E-state index in [0.717, 1.165) is 12.0 Å². The summed E-state index contributed by atoms with van der Waals surface area (Å²) in [5, 5.41) is 2.78. The number of rotatable bonds is 9. The molecule has 3 heteroatoms. The molecular weight excluding hydrogens is 238 g/mol. The summed E-state index contributed by atoms with van der Waals surface area (Å²) in [5.41, 5.74) is 1.01. The Balaban J connectivity index is 1.96. The number of hydrogen-bond donors (Lipinski definition) is 1. The molecule has 1 rings (SSSR count). The van der Waals surface area contributed by atoms with E-state index in [0.29, 0.717) is 13.2 Å². The van der Waals surface area contributed by atoms with Crippen molar-refractivity contribution < 1.29 is 9.53 Å². The van der Waals surface area contributed by atoms with Crippen LogP contribution in [0.1, 0.15) is 51.0 Å². The average Bonchev–Trinajstić information content (AvgIpc) is 2.45. The molecule has 1 aromatic carbocycles. The molecule has 0 bridgehead atoms. The minimum atomic E-state index is -0.322. The highest BCUT2D eigenvalue weighted by Gasteiger charge is 2.01. The Morgan fingerprint density at radius 3 is 2.47 bits per heavy atom. The summed E-state index contributed by atoms with van der Waals surface area (Å²) in [5.74, 6) is 0. The van der Waals surface area contributed by atoms with E-state index in [2.05, 4.69) is 12.2 Å². The molecule has 0 unspecified atom stereocenters. The van der Waals surface area contributed by atoms with Gasteiger partial charge in [-0.05, 0) is 12.0 Å². The fourth-order valence-electron chi connectivity index (χ4n) is 1.87. The second-order valence-corrected chi connectivity index (χ2v) is 4.76. The second kappa shape index (κ2) is 10.4. The maximum Gasteiger partial charge on any atom is 0.407 e. The van der Waals surface area contributed by atoms with Gasteiger partial charge in [-0.15, -0.1) is 0 Å². The van der Waals surface area contributed by atoms with Crippen molar-refractivity contribution in [2.75, 3.05) is 6.54 Å². The van der Waals surface area contributed by atoms with Gasteiger partial charge in [-0.3, -0.25) is 0 Å². The number of nitrogens with one attached hydrogen (secondary N) is 1. The Kier molecular flexibility index (Phi) is 8.52. The van der Waals surface area contributed by atoms with Crippen LogP contribution in [0.3, 0.4) is 0 Å². The Morgan fingerprint density at radius 2 is 1.74 bits per heavy atom. The summed E-state index contributed by atoms with van der Waals surface area (Å²) in [4.78, 5) is 11.4. The van der Waals surface area contributed by atoms with Gasteiger partial charge in [-0.1, -0.05) is 69.4 Å². The maximum atomic E-state index is 11.4. The van der Waals surface area contributed by atoms with Crippen LogP contribution < -0.4 is 5.32 Å². The number of amides is 1. The van der Waals surface area contributed by atoms with Crippen LogP contribution in [-0.2, 0) is 11.3 Å². The summed E-state index contributed by atoms with van der Waals surface area (Å²) in [7, 11) is 0. The number of ether oxygens (including phenoxy) is 1. The van der Waals surface area contributed by atoms with E-state index in [1.54, 1.807) is 0 Å². The minimum absolute atomic E-state index is 0.322. The Bertz CT molecular complexity index is 338. The average molecular weight is 263 g/mol. The topological polar surface area (TPSA) is 38.3 Å². The smallest absolute Gasteiger partial charge is 0.407 e. The van der Waals surface area contributed by atoms with Crippen molar-refractivity contribution in [1.29, 1.82) is 0 Å². The van der Waals surface area contributed by atoms with Crippen LogP contribution in [0.15, 0.2) is 30.3 Å². The Morgan fingerprint density at radius 1 is 1.05 bits per heavy atom. The lowest BCUT2D eigenvalue weighted by Crippen LogP contribution is -2.25. The van der Waals surface area contributed by atoms with Crippen molar-refractivity contribution in [2.45, 2.75) is 52.1 Å². The van der Waals surface area contributed by atoms with Crippen LogP contribution in [0.2, 0.25) is 0 Å². The maximum absolute atomic E-state index is 11.4. The SMILES string of the molecule is CCCCCCCCNC(=O)OCc1ccccc1. The van der Waals surface area contributed by atoms with Crippen LogP contribution in [0.4, 0.5) is 4.79 Å². The molecule has 1 aromatic rings. The first-order valence-corrected chi connectivity index (χ1v) is 7.27. The monoisotopic (exact) mass is 263 g/mol. The summed E-state index contributed by atoms with van der Waals surface area (Å²) in [6.45, 7) is 3.26. The Hall–Kier alpha value is -1.51. The van der Waals surface area contributed by atoms with Crippen molar-refractivity contribution in [3.63, 3.8) is 0 Å². The minimum Gasteiger partial charge on any atom is -0.445 e. The highest BCUT2D eigenvalue weighted by atomic mass is 16.5. The molecule has 0 saturated heterocycles. The third-order valence-electron chi connectivity index (χ3n) is 3.01. The van der Waals surface area contributed by atoms with Crippen LogP contribution >= 0.6 is 0 Å². The van der Waals surface area contributed by atoms with Crippen molar-refractivity contribution >= 4 is 6.09 Å². The lowest BCUT2D eigenvalue weighted by atomic mass is 10.1. The second-order valence-electron chi connectivity index (χ2n) is 4.76. The molecular formula is C16H25NO2. The Labute approximate surface area is 116 Å². The van der Waals surface area contributed by atoms with Gasteiger partial charge >= 0.3 is 6.09 Å². The molecule has 0 heterocycles. The van der Waals surface area contributed by atoms with E-state index < -0.39 is 0 Å². The number of hydrogen-bond acceptors (Lipinski definition) is 2. The highest BCUT2D eigenvalue weighted by molar-refractivity contribution is 5.67. The summed E-state index contributed by atoms with van der Waals surface area (Å²) in [6.07, 6.45) is 7.03. The quantitative estimate of drug-likeness (QED) is 0.675. The fraction of sp³-hybridized carbons (Fsp3) is 0.562. The van der Waals surface area contributed by atoms with E-state index in [9.17, 15) is 4.79 Å². The van der Waals surface area contributed by atoms with Gasteiger partial charge in [-0.25, -0.2) is 4.79 Å². The van der Waals surface area contributed by atoms with Crippen LogP contribution in [0.5, 0.6) is 0 Å². The third kappa shape index (κ3) is 8.25. The molecule has 0 aliphatic heterocycles. The van der Waals surface area contributed by atoms with E-state index in [1.807, 2.05) is 30.3 Å². The van der Waals surface area contributed by atoms with Crippen LogP contribution in [0.25, 0.3) is 0 Å². The van der Waals surface area contributed by atoms with E-state index in [4.69, 9.17) is 4.74 Å². The van der Waals surface area contributed by atoms with E-state index >= 15 is 0 Å². The summed E-state index contributed by atoms with van der Waals surface area (Å²) >= 11 is 0. The van der Waals surface area contributed by atoms with Gasteiger partial charge in [0.25, 0.3) is 0 Å². The largest absolute Gasteiger partial charge is 0.445 e. The molecule has 0 atom stereocenters. The molecule has 3 nitrogen and oxygen atoms in total. The van der Waals surface area contributed by atoms with Gasteiger partial charge < -0.3 is 10.1 Å². The van der Waals surface area contributed by atoms with Gasteiger partial charge in [-0.2, -0.15) is 0 Å². The lowest BCUT2D eigenvalue weighted by molar-refractivity contribution is 0.139. The molecule has 19 heavy (non-hydrogen) atoms. The first kappa shape index (κ1) is 15.5. The normalized spacial score (nSPS) is 10.2. The third-order valence-corrected chi connectivity index (χ3v) is 3.01. The van der Waals surface area contributed by atoms with Crippen molar-refractivity contribution in [1.82, 2.24) is 5.32 Å². The molecule has 0 aliphatic rings. The molecule has 0 aromatic heterocycles. The van der Waals surface area contributed by atoms with Crippen molar-refractivity contribution in [2.24, 2.45) is 0 Å². The first-order chi connectivity index (χ1) is 9.33. The zero-order valence-corrected chi connectivity index (χ0v) is 11.9. The number of carbonyl (C=O) groups is 1. The molecule has 106 valence electrons. The molecule has 1 N–H and O–H groups in total. The van der Waals surface area contributed by atoms with Gasteiger partial charge in [0.05, 0.1) is 0 Å². The predicted octanol–water partition coefficient (Wildman–Crippen LogP) is 4.27. The van der Waals surface area contributed by atoms with Gasteiger partial charge in [0, 0.05) is 6.54 Å². The van der Waals surface area contributed by atoms with E-state index in [1.165, 1.54) is 32.1 Å². The van der Waals surface area contributed by atoms with Gasteiger partial charge in [0.1, 0.15) is 6.61 Å². The number of benzene rings is 1. The number of unbranched alkanes of at least 4 members (excludes halogenated alkanes) is 5. The van der Waals surface area contributed by atoms with Crippen LogP contribution in [-0.4, -0.2) is 12.6 Å². The molecule has 0 aliphatic carbocycles. The lowest BCUT2D eigenvalue weighted by Gasteiger charge is -2.07. The fourth-order valence-corrected chi connectivity index (χ4v) is 1.87. The summed E-state index contributed by atoms with van der Waals surface area (Å²) in [6, 6.07) is 9.71. The van der Waals surface area contributed by atoms with Crippen LogP contribution in [0, 0.1) is 0 Å². The highest BCUT2D eigenvalue weighted by Crippen LogP contribution is 2.04. The molecule has 0 spiro atoms. The van der Waals surface area contributed by atoms with E-state index in [-0.39, 0.29) is 6.09 Å². The zero-order chi connectivity index (χ0) is 13.8. The van der Waals surface area contributed by atoms with Crippen molar-refractivity contribution in [3.8, 4) is 0 Å². The van der Waals surface area contributed by atoms with Gasteiger partial charge in [0.15, 0.2) is 0 Å². The van der Waals surface area contributed by atoms with Crippen molar-refractivity contribution in [3.05, 3.63) is 35.9 Å². The number of carbonyl (C=O) groups excluding carboxylic acids is 1. The van der Waals surface area contributed by atoms with Gasteiger partial charge in [0.2, 0.25) is 0 Å². The first-order valence-electron chi connectivity index (χ1n) is 7.27. The molecule has 0 fully saturated rings. The summed E-state index contributed by atoms with van der Waals surface area (Å²) < 4.78 is 5.12. The predicted molar refractivity (Wildman–Crippen MR) is 78.0 cm³/mol. The molecule has 0 radical (unpaired) electrons. The standard InChI is InChI=1S/C16H25NO2/c1-2-3-4-5-6-10-13-17-16(18)19-14-15-11-8-7-9-12-15/h7-9,11-12H,2-6,10,13-14H2,1H3,(H,17,18).